The predicted octanol–water partition coefficient (Wildman–Crippen LogP) is -2.97. The van der Waals surface area contributed by atoms with E-state index in [9.17, 15) is 29.4 Å². The number of hydrogen-bond acceptors (Lipinski definition) is 7. The number of rotatable bonds is 7. The highest BCUT2D eigenvalue weighted by molar-refractivity contribution is 5.95. The molecule has 2 fully saturated rings. The van der Waals surface area contributed by atoms with E-state index in [1.54, 1.807) is 0 Å². The van der Waals surface area contributed by atoms with Gasteiger partial charge >= 0.3 is 0 Å². The Hall–Kier alpha value is -2.24. The van der Waals surface area contributed by atoms with E-state index in [2.05, 4.69) is 5.32 Å². The maximum absolute atomic E-state index is 13.1. The fourth-order valence-corrected chi connectivity index (χ4v) is 3.86. The number of aliphatic hydroxyl groups excluding tert-OH is 2. The van der Waals surface area contributed by atoms with Gasteiger partial charge in [0.1, 0.15) is 24.2 Å². The summed E-state index contributed by atoms with van der Waals surface area (Å²) in [5.41, 5.74) is 11.0. The van der Waals surface area contributed by atoms with Crippen LogP contribution in [-0.4, -0.2) is 93.1 Å². The maximum Gasteiger partial charge on any atom is 0.246 e. The number of carbonyl (C=O) groups is 4. The second kappa shape index (κ2) is 9.51. The SMILES string of the molecule is C[C@@H](O)[C@H](N)C(=O)N1CCCC1C(=O)N1CCC[C@H]1C(=O)N[C@H](C(N)=O)[C@@H](C)O. The summed E-state index contributed by atoms with van der Waals surface area (Å²) in [6.07, 6.45) is -0.170. The van der Waals surface area contributed by atoms with Gasteiger partial charge in [-0.15, -0.1) is 0 Å². The third kappa shape index (κ3) is 5.03. The number of aliphatic hydroxyl groups is 2. The van der Waals surface area contributed by atoms with Crippen molar-refractivity contribution in [3.8, 4) is 0 Å². The lowest BCUT2D eigenvalue weighted by Gasteiger charge is -2.33. The van der Waals surface area contributed by atoms with E-state index < -0.39 is 54.1 Å². The zero-order valence-corrected chi connectivity index (χ0v) is 16.8. The number of carbonyl (C=O) groups excluding carboxylic acids is 4. The summed E-state index contributed by atoms with van der Waals surface area (Å²) in [6.45, 7) is 3.44. The van der Waals surface area contributed by atoms with Crippen LogP contribution in [0.3, 0.4) is 0 Å². The van der Waals surface area contributed by atoms with Gasteiger partial charge in [-0.2, -0.15) is 0 Å². The fraction of sp³-hybridized carbons (Fsp3) is 0.778. The average molecular weight is 413 g/mol. The molecule has 0 saturated carbocycles. The summed E-state index contributed by atoms with van der Waals surface area (Å²) in [6, 6.07) is -3.94. The molecule has 0 radical (unpaired) electrons. The van der Waals surface area contributed by atoms with Crippen molar-refractivity contribution in [3.63, 3.8) is 0 Å². The van der Waals surface area contributed by atoms with Crippen molar-refractivity contribution in [2.75, 3.05) is 13.1 Å². The van der Waals surface area contributed by atoms with Gasteiger partial charge in [-0.3, -0.25) is 19.2 Å². The predicted molar refractivity (Wildman–Crippen MR) is 102 cm³/mol. The Kier molecular flexibility index (Phi) is 7.55. The second-order valence-corrected chi connectivity index (χ2v) is 7.77. The first-order valence-electron chi connectivity index (χ1n) is 9.88. The number of nitrogens with two attached hydrogens (primary N) is 2. The average Bonchev–Trinajstić information content (AvgIpc) is 3.32. The Bertz CT molecular complexity index is 655. The first-order valence-corrected chi connectivity index (χ1v) is 9.88. The van der Waals surface area contributed by atoms with Gasteiger partial charge in [-0.05, 0) is 39.5 Å². The fourth-order valence-electron chi connectivity index (χ4n) is 3.86. The van der Waals surface area contributed by atoms with Crippen LogP contribution in [0.15, 0.2) is 0 Å². The molecule has 11 nitrogen and oxygen atoms in total. The first-order chi connectivity index (χ1) is 13.6. The smallest absolute Gasteiger partial charge is 0.246 e. The van der Waals surface area contributed by atoms with Gasteiger partial charge in [0.15, 0.2) is 0 Å². The van der Waals surface area contributed by atoms with Gasteiger partial charge in [-0.25, -0.2) is 0 Å². The largest absolute Gasteiger partial charge is 0.391 e. The number of likely N-dealkylation sites (tertiary alicyclic amines) is 2. The molecule has 2 rings (SSSR count). The zero-order chi connectivity index (χ0) is 21.9. The van der Waals surface area contributed by atoms with Crippen LogP contribution in [0.1, 0.15) is 39.5 Å². The van der Waals surface area contributed by atoms with Crippen LogP contribution in [0.5, 0.6) is 0 Å². The molecule has 0 bridgehead atoms. The van der Waals surface area contributed by atoms with Crippen molar-refractivity contribution in [2.24, 2.45) is 11.5 Å². The monoisotopic (exact) mass is 413 g/mol. The van der Waals surface area contributed by atoms with E-state index in [0.29, 0.717) is 38.8 Å². The van der Waals surface area contributed by atoms with E-state index in [4.69, 9.17) is 11.5 Å². The molecule has 2 heterocycles. The molecule has 0 aromatic carbocycles. The van der Waals surface area contributed by atoms with Gasteiger partial charge in [0, 0.05) is 13.1 Å². The van der Waals surface area contributed by atoms with Crippen LogP contribution in [-0.2, 0) is 19.2 Å². The molecule has 2 aliphatic heterocycles. The molecule has 0 aromatic rings. The molecule has 2 saturated heterocycles. The molecule has 0 aromatic heterocycles. The third-order valence-corrected chi connectivity index (χ3v) is 5.55. The van der Waals surface area contributed by atoms with Crippen molar-refractivity contribution < 1.29 is 29.4 Å². The van der Waals surface area contributed by atoms with E-state index in [1.807, 2.05) is 0 Å². The Labute approximate surface area is 169 Å². The minimum absolute atomic E-state index is 0.341. The molecule has 4 amide bonds. The second-order valence-electron chi connectivity index (χ2n) is 7.77. The van der Waals surface area contributed by atoms with Gasteiger partial charge in [0.05, 0.1) is 12.2 Å². The molecular weight excluding hydrogens is 382 g/mol. The van der Waals surface area contributed by atoms with Crippen LogP contribution in [0.25, 0.3) is 0 Å². The maximum atomic E-state index is 13.1. The minimum atomic E-state index is -1.26. The van der Waals surface area contributed by atoms with Crippen LogP contribution in [0, 0.1) is 0 Å². The highest BCUT2D eigenvalue weighted by atomic mass is 16.3. The van der Waals surface area contributed by atoms with Gasteiger partial charge < -0.3 is 36.8 Å². The summed E-state index contributed by atoms with van der Waals surface area (Å²) >= 11 is 0. The number of nitrogens with zero attached hydrogens (tertiary/aromatic N) is 2. The molecule has 7 N–H and O–H groups in total. The van der Waals surface area contributed by atoms with E-state index in [-0.39, 0.29) is 5.91 Å². The van der Waals surface area contributed by atoms with Crippen LogP contribution < -0.4 is 16.8 Å². The Morgan fingerprint density at radius 2 is 1.52 bits per heavy atom. The van der Waals surface area contributed by atoms with Crippen molar-refractivity contribution in [3.05, 3.63) is 0 Å². The van der Waals surface area contributed by atoms with Crippen LogP contribution in [0.2, 0.25) is 0 Å². The normalized spacial score (nSPS) is 26.0. The quantitative estimate of drug-likeness (QED) is 0.295. The van der Waals surface area contributed by atoms with Gasteiger partial charge in [-0.1, -0.05) is 0 Å². The van der Waals surface area contributed by atoms with Gasteiger partial charge in [0.25, 0.3) is 0 Å². The highest BCUT2D eigenvalue weighted by Gasteiger charge is 2.43. The first kappa shape index (κ1) is 23.0. The van der Waals surface area contributed by atoms with Crippen molar-refractivity contribution in [2.45, 2.75) is 75.9 Å². The van der Waals surface area contributed by atoms with Crippen molar-refractivity contribution >= 4 is 23.6 Å². The molecule has 1 unspecified atom stereocenters. The standard InChI is InChI=1S/C18H31N5O6/c1-9(24)13(19)18(29)23-8-4-6-12(23)17(28)22-7-3-5-11(22)16(27)21-14(10(2)25)15(20)26/h9-14,24-25H,3-8,19H2,1-2H3,(H2,20,26)(H,21,27)/t9-,10-,11+,12?,13+,14+/m1/s1. The summed E-state index contributed by atoms with van der Waals surface area (Å²) < 4.78 is 0. The molecule has 0 spiro atoms. The lowest BCUT2D eigenvalue weighted by atomic mass is 10.1. The molecule has 164 valence electrons. The van der Waals surface area contributed by atoms with E-state index in [0.717, 1.165) is 0 Å². The minimum Gasteiger partial charge on any atom is -0.391 e. The number of nitrogens with one attached hydrogen (secondary N) is 1. The molecule has 2 aliphatic rings. The summed E-state index contributed by atoms with van der Waals surface area (Å²) in [5, 5.41) is 21.6. The lowest BCUT2D eigenvalue weighted by Crippen LogP contribution is -2.58. The molecule has 0 aliphatic carbocycles. The third-order valence-electron chi connectivity index (χ3n) is 5.55. The van der Waals surface area contributed by atoms with Gasteiger partial charge in [0.2, 0.25) is 23.6 Å². The number of hydrogen-bond donors (Lipinski definition) is 5. The molecular formula is C18H31N5O6. The highest BCUT2D eigenvalue weighted by Crippen LogP contribution is 2.25. The number of amides is 4. The van der Waals surface area contributed by atoms with Crippen LogP contribution >= 0.6 is 0 Å². The van der Waals surface area contributed by atoms with E-state index >= 15 is 0 Å². The lowest BCUT2D eigenvalue weighted by molar-refractivity contribution is -0.148. The van der Waals surface area contributed by atoms with E-state index in [1.165, 1.54) is 23.6 Å². The Morgan fingerprint density at radius 3 is 2.03 bits per heavy atom. The van der Waals surface area contributed by atoms with Crippen LogP contribution in [0.4, 0.5) is 0 Å². The Balaban J connectivity index is 2.11. The summed E-state index contributed by atoms with van der Waals surface area (Å²) in [5.74, 6) is -2.31. The zero-order valence-electron chi connectivity index (χ0n) is 16.8. The molecule has 11 heteroatoms. The molecule has 6 atom stereocenters. The van der Waals surface area contributed by atoms with Crippen molar-refractivity contribution in [1.82, 2.24) is 15.1 Å². The topological polar surface area (TPSA) is 179 Å². The summed E-state index contributed by atoms with van der Waals surface area (Å²) in [7, 11) is 0. The Morgan fingerprint density at radius 1 is 0.966 bits per heavy atom. The molecule has 29 heavy (non-hydrogen) atoms. The summed E-state index contributed by atoms with van der Waals surface area (Å²) in [4.78, 5) is 52.5. The van der Waals surface area contributed by atoms with Crippen molar-refractivity contribution in [1.29, 1.82) is 0 Å². The number of primary amides is 1.